The molecule has 0 saturated heterocycles. The third kappa shape index (κ3) is 5.17. The summed E-state index contributed by atoms with van der Waals surface area (Å²) < 4.78 is 31.8. The summed E-state index contributed by atoms with van der Waals surface area (Å²) in [5.41, 5.74) is 0.696. The highest BCUT2D eigenvalue weighted by Crippen LogP contribution is 2.27. The maximum atomic E-state index is 13.5. The Bertz CT molecular complexity index is 797. The minimum atomic E-state index is -0.667. The molecule has 6 nitrogen and oxygen atoms in total. The molecule has 0 aliphatic carbocycles. The lowest BCUT2D eigenvalue weighted by atomic mass is 10.2. The predicted octanol–water partition coefficient (Wildman–Crippen LogP) is 2.98. The second kappa shape index (κ2) is 8.09. The lowest BCUT2D eigenvalue weighted by Crippen LogP contribution is -2.22. The van der Waals surface area contributed by atoms with Gasteiger partial charge >= 0.3 is 0 Å². The maximum absolute atomic E-state index is 13.5. The standard InChI is InChI=1S/C17H17F2N3O3/c1-10(23)21-12-4-6-16(25-2)15(8-12)22-17(24)9-20-14-7-11(18)3-5-13(14)19/h3-8,20H,9H2,1-2H3,(H,21,23)(H,22,24). The molecule has 25 heavy (non-hydrogen) atoms. The van der Waals surface area contributed by atoms with Gasteiger partial charge in [-0.1, -0.05) is 0 Å². The molecule has 0 bridgehead atoms. The number of carbonyl (C=O) groups is 2. The fourth-order valence-electron chi connectivity index (χ4n) is 2.09. The number of rotatable bonds is 6. The molecule has 0 aliphatic heterocycles. The third-order valence-electron chi connectivity index (χ3n) is 3.16. The first-order valence-corrected chi connectivity index (χ1v) is 7.33. The molecule has 0 fully saturated rings. The monoisotopic (exact) mass is 349 g/mol. The van der Waals surface area contributed by atoms with Crippen molar-refractivity contribution in [1.29, 1.82) is 0 Å². The Morgan fingerprint density at radius 2 is 1.80 bits per heavy atom. The van der Waals surface area contributed by atoms with Crippen molar-refractivity contribution in [3.05, 3.63) is 48.0 Å². The van der Waals surface area contributed by atoms with Gasteiger partial charge in [0.25, 0.3) is 0 Å². The molecule has 2 amide bonds. The van der Waals surface area contributed by atoms with Crippen LogP contribution in [0.1, 0.15) is 6.92 Å². The van der Waals surface area contributed by atoms with E-state index in [-0.39, 0.29) is 18.1 Å². The van der Waals surface area contributed by atoms with Crippen molar-refractivity contribution in [2.24, 2.45) is 0 Å². The minimum Gasteiger partial charge on any atom is -0.495 e. The number of hydrogen-bond donors (Lipinski definition) is 3. The van der Waals surface area contributed by atoms with Crippen LogP contribution in [-0.2, 0) is 9.59 Å². The highest BCUT2D eigenvalue weighted by atomic mass is 19.1. The van der Waals surface area contributed by atoms with Crippen LogP contribution in [0.3, 0.4) is 0 Å². The molecule has 0 spiro atoms. The zero-order valence-corrected chi connectivity index (χ0v) is 13.7. The summed E-state index contributed by atoms with van der Waals surface area (Å²) in [5, 5.41) is 7.69. The second-order valence-electron chi connectivity index (χ2n) is 5.12. The largest absolute Gasteiger partial charge is 0.495 e. The zero-order chi connectivity index (χ0) is 18.4. The molecule has 0 unspecified atom stereocenters. The van der Waals surface area contributed by atoms with E-state index in [1.807, 2.05) is 0 Å². The van der Waals surface area contributed by atoms with Crippen molar-refractivity contribution in [3.8, 4) is 5.75 Å². The van der Waals surface area contributed by atoms with E-state index in [1.165, 1.54) is 20.1 Å². The minimum absolute atomic E-state index is 0.117. The number of halogens is 2. The number of nitrogens with one attached hydrogen (secondary N) is 3. The summed E-state index contributed by atoms with van der Waals surface area (Å²) in [7, 11) is 1.43. The molecule has 2 aromatic rings. The normalized spacial score (nSPS) is 10.1. The van der Waals surface area contributed by atoms with Gasteiger partial charge in [0.05, 0.1) is 25.0 Å². The van der Waals surface area contributed by atoms with Crippen molar-refractivity contribution in [1.82, 2.24) is 0 Å². The second-order valence-corrected chi connectivity index (χ2v) is 5.12. The molecule has 8 heteroatoms. The number of benzene rings is 2. The Balaban J connectivity index is 2.06. The number of ether oxygens (including phenoxy) is 1. The van der Waals surface area contributed by atoms with Crippen LogP contribution in [0, 0.1) is 11.6 Å². The molecule has 132 valence electrons. The van der Waals surface area contributed by atoms with E-state index in [2.05, 4.69) is 16.0 Å². The number of carbonyl (C=O) groups excluding carboxylic acids is 2. The van der Waals surface area contributed by atoms with Crippen molar-refractivity contribution in [2.75, 3.05) is 29.6 Å². The van der Waals surface area contributed by atoms with Crippen molar-refractivity contribution in [3.63, 3.8) is 0 Å². The van der Waals surface area contributed by atoms with Crippen LogP contribution >= 0.6 is 0 Å². The Hall–Kier alpha value is -3.16. The molecular weight excluding hydrogens is 332 g/mol. The number of hydrogen-bond acceptors (Lipinski definition) is 4. The molecule has 2 rings (SSSR count). The molecule has 2 aromatic carbocycles. The maximum Gasteiger partial charge on any atom is 0.243 e. The zero-order valence-electron chi connectivity index (χ0n) is 13.7. The summed E-state index contributed by atoms with van der Waals surface area (Å²) in [6.07, 6.45) is 0. The highest BCUT2D eigenvalue weighted by molar-refractivity contribution is 5.96. The smallest absolute Gasteiger partial charge is 0.243 e. The van der Waals surface area contributed by atoms with Crippen LogP contribution in [0.2, 0.25) is 0 Å². The Morgan fingerprint density at radius 3 is 2.48 bits per heavy atom. The van der Waals surface area contributed by atoms with Gasteiger partial charge in [-0.3, -0.25) is 9.59 Å². The molecule has 0 saturated carbocycles. The van der Waals surface area contributed by atoms with Crippen LogP contribution in [-0.4, -0.2) is 25.5 Å². The van der Waals surface area contributed by atoms with Crippen molar-refractivity contribution < 1.29 is 23.1 Å². The van der Waals surface area contributed by atoms with E-state index < -0.39 is 17.5 Å². The van der Waals surface area contributed by atoms with E-state index >= 15 is 0 Å². The van der Waals surface area contributed by atoms with Crippen LogP contribution in [0.25, 0.3) is 0 Å². The quantitative estimate of drug-likeness (QED) is 0.749. The predicted molar refractivity (Wildman–Crippen MR) is 90.8 cm³/mol. The van der Waals surface area contributed by atoms with Crippen LogP contribution in [0.15, 0.2) is 36.4 Å². The first-order valence-electron chi connectivity index (χ1n) is 7.33. The topological polar surface area (TPSA) is 79.5 Å². The first kappa shape index (κ1) is 18.2. The average molecular weight is 349 g/mol. The van der Waals surface area contributed by atoms with Gasteiger partial charge in [-0.2, -0.15) is 0 Å². The fraction of sp³-hybridized carbons (Fsp3) is 0.176. The van der Waals surface area contributed by atoms with Gasteiger partial charge in [0.15, 0.2) is 0 Å². The van der Waals surface area contributed by atoms with Gasteiger partial charge in [0.1, 0.15) is 17.4 Å². The number of amides is 2. The number of methoxy groups -OCH3 is 1. The van der Waals surface area contributed by atoms with E-state index in [0.717, 1.165) is 18.2 Å². The van der Waals surface area contributed by atoms with Gasteiger partial charge in [-0.15, -0.1) is 0 Å². The fourth-order valence-corrected chi connectivity index (χ4v) is 2.09. The third-order valence-corrected chi connectivity index (χ3v) is 3.16. The highest BCUT2D eigenvalue weighted by Gasteiger charge is 2.11. The van der Waals surface area contributed by atoms with Crippen LogP contribution < -0.4 is 20.7 Å². The van der Waals surface area contributed by atoms with E-state index in [0.29, 0.717) is 17.1 Å². The van der Waals surface area contributed by atoms with Crippen LogP contribution in [0.5, 0.6) is 5.75 Å². The molecule has 0 aliphatic rings. The molecular formula is C17H17F2N3O3. The van der Waals surface area contributed by atoms with Gasteiger partial charge in [0, 0.05) is 12.6 Å². The number of anilines is 3. The average Bonchev–Trinajstić information content (AvgIpc) is 2.55. The summed E-state index contributed by atoms with van der Waals surface area (Å²) in [6, 6.07) is 7.65. The molecule has 0 aromatic heterocycles. The van der Waals surface area contributed by atoms with Gasteiger partial charge < -0.3 is 20.7 Å². The van der Waals surface area contributed by atoms with E-state index in [9.17, 15) is 18.4 Å². The summed E-state index contributed by atoms with van der Waals surface area (Å²) in [5.74, 6) is -1.65. The van der Waals surface area contributed by atoms with Crippen LogP contribution in [0.4, 0.5) is 25.8 Å². The molecule has 0 heterocycles. The van der Waals surface area contributed by atoms with E-state index in [4.69, 9.17) is 4.74 Å². The Morgan fingerprint density at radius 1 is 1.04 bits per heavy atom. The van der Waals surface area contributed by atoms with Gasteiger partial charge in [-0.25, -0.2) is 8.78 Å². The Kier molecular flexibility index (Phi) is 5.89. The van der Waals surface area contributed by atoms with Crippen molar-refractivity contribution >= 4 is 28.9 Å². The molecule has 3 N–H and O–H groups in total. The van der Waals surface area contributed by atoms with E-state index in [1.54, 1.807) is 12.1 Å². The molecule has 0 radical (unpaired) electrons. The first-order chi connectivity index (χ1) is 11.9. The SMILES string of the molecule is COc1ccc(NC(C)=O)cc1NC(=O)CNc1cc(F)ccc1F. The Labute approximate surface area is 143 Å². The van der Waals surface area contributed by atoms with Gasteiger partial charge in [-0.05, 0) is 36.4 Å². The summed E-state index contributed by atoms with van der Waals surface area (Å²) in [4.78, 5) is 23.2. The van der Waals surface area contributed by atoms with Crippen molar-refractivity contribution in [2.45, 2.75) is 6.92 Å². The summed E-state index contributed by atoms with van der Waals surface area (Å²) >= 11 is 0. The van der Waals surface area contributed by atoms with Gasteiger partial charge in [0.2, 0.25) is 11.8 Å². The molecule has 0 atom stereocenters. The summed E-state index contributed by atoms with van der Waals surface area (Å²) in [6.45, 7) is 1.08. The lowest BCUT2D eigenvalue weighted by Gasteiger charge is -2.13. The lowest BCUT2D eigenvalue weighted by molar-refractivity contribution is -0.115.